The Morgan fingerprint density at radius 2 is 1.82 bits per heavy atom. The lowest BCUT2D eigenvalue weighted by Crippen LogP contribution is -2.35. The molecule has 0 aliphatic carbocycles. The number of amides is 1. The van der Waals surface area contributed by atoms with Crippen molar-refractivity contribution < 1.29 is 19.0 Å². The Balaban J connectivity index is 1.24. The van der Waals surface area contributed by atoms with Gasteiger partial charge in [-0.1, -0.05) is 24.3 Å². The first-order valence-corrected chi connectivity index (χ1v) is 14.7. The quantitative estimate of drug-likeness (QED) is 0.208. The first-order valence-electron chi connectivity index (χ1n) is 13.0. The summed E-state index contributed by atoms with van der Waals surface area (Å²) in [4.78, 5) is 18.2. The van der Waals surface area contributed by atoms with Gasteiger partial charge in [-0.3, -0.25) is 10.2 Å². The number of nitrogens with one attached hydrogen (secondary N) is 1. The first kappa shape index (κ1) is 27.7. The lowest BCUT2D eigenvalue weighted by atomic mass is 10.1. The van der Waals surface area contributed by atoms with Crippen LogP contribution in [0.2, 0.25) is 0 Å². The molecule has 0 fully saturated rings. The molecule has 0 bridgehead atoms. The number of fused-ring (bicyclic) bond motifs is 1. The van der Waals surface area contributed by atoms with Gasteiger partial charge in [0.15, 0.2) is 17.3 Å². The van der Waals surface area contributed by atoms with Crippen molar-refractivity contribution in [2.45, 2.75) is 33.6 Å². The average molecular weight is 575 g/mol. The number of hydrogen-bond acceptors (Lipinski definition) is 8. The summed E-state index contributed by atoms with van der Waals surface area (Å²) in [5.74, 6) is 1.62. The molecule has 2 aliphatic heterocycles. The standard InChI is InChI=1S/C30H30N4O4S2/c1-4-36-26-17-21(11-12-25(26)38-14-7-13-37-24-10-5-8-19(2)20(24)3)16-23-28(31)34-30(32-29(23)35)40-27(33-34)18-22-9-6-15-39-22/h5-6,8-12,15-17,31H,4,7,13-14,18H2,1-3H3/b23-16-,31-28?. The Morgan fingerprint density at radius 3 is 2.60 bits per heavy atom. The number of amidine groups is 2. The van der Waals surface area contributed by atoms with Crippen LogP contribution in [0.4, 0.5) is 0 Å². The Bertz CT molecular complexity index is 1510. The van der Waals surface area contributed by atoms with Crippen LogP contribution in [0.1, 0.15) is 34.9 Å². The minimum Gasteiger partial charge on any atom is -0.493 e. The summed E-state index contributed by atoms with van der Waals surface area (Å²) in [5, 5.41) is 17.9. The first-order chi connectivity index (χ1) is 19.4. The molecule has 8 nitrogen and oxygen atoms in total. The Hall–Kier alpha value is -3.89. The van der Waals surface area contributed by atoms with Crippen LogP contribution in [0.25, 0.3) is 6.08 Å². The van der Waals surface area contributed by atoms with E-state index in [1.165, 1.54) is 27.2 Å². The molecule has 2 aliphatic rings. The molecule has 0 atom stereocenters. The van der Waals surface area contributed by atoms with Crippen LogP contribution in [0.5, 0.6) is 17.2 Å². The molecule has 0 radical (unpaired) electrons. The molecular weight excluding hydrogens is 544 g/mol. The maximum Gasteiger partial charge on any atom is 0.283 e. The fourth-order valence-corrected chi connectivity index (χ4v) is 5.85. The van der Waals surface area contributed by atoms with Gasteiger partial charge in [0.05, 0.1) is 25.4 Å². The summed E-state index contributed by atoms with van der Waals surface area (Å²) in [6.45, 7) is 7.49. The molecule has 1 aromatic heterocycles. The number of carbonyl (C=O) groups is 1. The van der Waals surface area contributed by atoms with Crippen LogP contribution in [-0.2, 0) is 11.2 Å². The van der Waals surface area contributed by atoms with Crippen LogP contribution in [-0.4, -0.2) is 46.8 Å². The smallest absolute Gasteiger partial charge is 0.283 e. The van der Waals surface area contributed by atoms with E-state index in [0.29, 0.717) is 54.9 Å². The number of hydrogen-bond donors (Lipinski definition) is 1. The van der Waals surface area contributed by atoms with Crippen LogP contribution in [0.15, 0.2) is 69.6 Å². The number of rotatable bonds is 11. The van der Waals surface area contributed by atoms with E-state index in [9.17, 15) is 4.79 Å². The molecular formula is C30H30N4O4S2. The number of hydrazone groups is 1. The largest absolute Gasteiger partial charge is 0.493 e. The minimum absolute atomic E-state index is 0.00538. The van der Waals surface area contributed by atoms with E-state index in [0.717, 1.165) is 16.4 Å². The third-order valence-electron chi connectivity index (χ3n) is 6.34. The van der Waals surface area contributed by atoms with Crippen molar-refractivity contribution in [2.24, 2.45) is 10.1 Å². The van der Waals surface area contributed by atoms with Gasteiger partial charge in [-0.2, -0.15) is 15.1 Å². The Labute approximate surface area is 241 Å². The number of ether oxygens (including phenoxy) is 3. The number of aliphatic imine (C=N–C) groups is 1. The third-order valence-corrected chi connectivity index (χ3v) is 8.12. The second kappa shape index (κ2) is 12.5. The van der Waals surface area contributed by atoms with E-state index in [2.05, 4.69) is 30.0 Å². The van der Waals surface area contributed by atoms with E-state index >= 15 is 0 Å². The molecule has 5 rings (SSSR count). The van der Waals surface area contributed by atoms with Crippen LogP contribution < -0.4 is 14.2 Å². The molecule has 2 aromatic carbocycles. The maximum atomic E-state index is 12.8. The second-order valence-corrected chi connectivity index (χ2v) is 11.2. The van der Waals surface area contributed by atoms with Gasteiger partial charge >= 0.3 is 0 Å². The van der Waals surface area contributed by atoms with Gasteiger partial charge in [-0.25, -0.2) is 0 Å². The minimum atomic E-state index is -0.460. The molecule has 206 valence electrons. The highest BCUT2D eigenvalue weighted by atomic mass is 32.2. The summed E-state index contributed by atoms with van der Waals surface area (Å²) < 4.78 is 17.7. The lowest BCUT2D eigenvalue weighted by Gasteiger charge is -2.20. The number of benzene rings is 2. The summed E-state index contributed by atoms with van der Waals surface area (Å²) in [6, 6.07) is 15.5. The van der Waals surface area contributed by atoms with Gasteiger partial charge in [0.25, 0.3) is 5.91 Å². The summed E-state index contributed by atoms with van der Waals surface area (Å²) >= 11 is 2.98. The van der Waals surface area contributed by atoms with Gasteiger partial charge in [0.1, 0.15) is 10.8 Å². The van der Waals surface area contributed by atoms with Gasteiger partial charge in [0, 0.05) is 17.7 Å². The zero-order valence-corrected chi connectivity index (χ0v) is 24.2. The monoisotopic (exact) mass is 574 g/mol. The predicted molar refractivity (Wildman–Crippen MR) is 162 cm³/mol. The summed E-state index contributed by atoms with van der Waals surface area (Å²) in [7, 11) is 0. The number of nitrogens with zero attached hydrogens (tertiary/aromatic N) is 3. The van der Waals surface area contributed by atoms with Crippen LogP contribution in [0.3, 0.4) is 0 Å². The van der Waals surface area contributed by atoms with Crippen molar-refractivity contribution in [1.82, 2.24) is 5.01 Å². The lowest BCUT2D eigenvalue weighted by molar-refractivity contribution is -0.114. The number of thiophene rings is 1. The molecule has 1 amide bonds. The van der Waals surface area contributed by atoms with E-state index in [1.807, 2.05) is 54.8 Å². The molecule has 0 saturated heterocycles. The van der Waals surface area contributed by atoms with Crippen molar-refractivity contribution in [3.8, 4) is 17.2 Å². The highest BCUT2D eigenvalue weighted by Gasteiger charge is 2.35. The third kappa shape index (κ3) is 6.29. The zero-order valence-electron chi connectivity index (χ0n) is 22.6. The summed E-state index contributed by atoms with van der Waals surface area (Å²) in [6.07, 6.45) is 3.00. The van der Waals surface area contributed by atoms with Crippen molar-refractivity contribution in [3.63, 3.8) is 0 Å². The molecule has 1 N–H and O–H groups in total. The normalized spacial score (nSPS) is 15.7. The fraction of sp³-hybridized carbons (Fsp3) is 0.267. The van der Waals surface area contributed by atoms with Crippen LogP contribution >= 0.6 is 23.1 Å². The SMILES string of the molecule is CCOc1cc(/C=C2/C(=N)N3N=C(Cc4cccs4)SC3=NC2=O)ccc1OCCCOc1cccc(C)c1C. The van der Waals surface area contributed by atoms with Crippen molar-refractivity contribution >= 4 is 51.1 Å². The zero-order chi connectivity index (χ0) is 28.1. The maximum absolute atomic E-state index is 12.8. The topological polar surface area (TPSA) is 96.6 Å². The molecule has 0 saturated carbocycles. The number of thioether (sulfide) groups is 1. The van der Waals surface area contributed by atoms with Gasteiger partial charge in [-0.05, 0) is 84.9 Å². The highest BCUT2D eigenvalue weighted by molar-refractivity contribution is 8.27. The van der Waals surface area contributed by atoms with Crippen molar-refractivity contribution in [1.29, 1.82) is 5.41 Å². The van der Waals surface area contributed by atoms with Crippen molar-refractivity contribution in [2.75, 3.05) is 19.8 Å². The second-order valence-electron chi connectivity index (χ2n) is 9.16. The van der Waals surface area contributed by atoms with Gasteiger partial charge < -0.3 is 14.2 Å². The fourth-order valence-electron chi connectivity index (χ4n) is 4.14. The van der Waals surface area contributed by atoms with E-state index in [1.54, 1.807) is 17.4 Å². The number of aryl methyl sites for hydroxylation is 1. The van der Waals surface area contributed by atoms with Gasteiger partial charge in [-0.15, -0.1) is 11.3 Å². The molecule has 3 heterocycles. The predicted octanol–water partition coefficient (Wildman–Crippen LogP) is 6.47. The molecule has 0 unspecified atom stereocenters. The molecule has 3 aromatic rings. The number of carbonyl (C=O) groups excluding carboxylic acids is 1. The highest BCUT2D eigenvalue weighted by Crippen LogP contribution is 2.33. The van der Waals surface area contributed by atoms with E-state index < -0.39 is 5.91 Å². The van der Waals surface area contributed by atoms with E-state index in [4.69, 9.17) is 19.6 Å². The van der Waals surface area contributed by atoms with Crippen LogP contribution in [0, 0.1) is 19.3 Å². The summed E-state index contributed by atoms with van der Waals surface area (Å²) in [5.41, 5.74) is 3.22. The Kier molecular flexibility index (Phi) is 8.66. The Morgan fingerprint density at radius 1 is 1.00 bits per heavy atom. The van der Waals surface area contributed by atoms with Gasteiger partial charge in [0.2, 0.25) is 5.17 Å². The molecule has 0 spiro atoms. The molecule has 10 heteroatoms. The van der Waals surface area contributed by atoms with Crippen molar-refractivity contribution in [3.05, 3.63) is 81.1 Å². The average Bonchev–Trinajstić information content (AvgIpc) is 3.60. The van der Waals surface area contributed by atoms with E-state index in [-0.39, 0.29) is 11.4 Å². The molecule has 40 heavy (non-hydrogen) atoms.